The van der Waals surface area contributed by atoms with Crippen molar-refractivity contribution in [2.45, 2.75) is 0 Å². The van der Waals surface area contributed by atoms with Crippen LogP contribution in [-0.4, -0.2) is 25.4 Å². The van der Waals surface area contributed by atoms with Crippen LogP contribution < -0.4 is 4.90 Å². The van der Waals surface area contributed by atoms with Crippen LogP contribution in [-0.2, 0) is 0 Å². The molecule has 0 spiro atoms. The standard InChI is InChI=1S/C6H8N2O2/c1-8(2)6-7-3-5(4-9)10-6/h3-4H,1-2H3. The van der Waals surface area contributed by atoms with E-state index in [0.717, 1.165) is 0 Å². The van der Waals surface area contributed by atoms with Crippen LogP contribution in [0.3, 0.4) is 0 Å². The summed E-state index contributed by atoms with van der Waals surface area (Å²) in [6.45, 7) is 0. The molecule has 0 fully saturated rings. The number of hydrogen-bond donors (Lipinski definition) is 0. The molecule has 0 aliphatic heterocycles. The molecule has 1 heterocycles. The minimum absolute atomic E-state index is 0.253. The molecule has 4 heteroatoms. The van der Waals surface area contributed by atoms with Crippen LogP contribution in [0, 0.1) is 0 Å². The molecule has 0 aliphatic carbocycles. The molecular formula is C6H8N2O2. The SMILES string of the molecule is CN(C)c1ncc(C=O)o1. The van der Waals surface area contributed by atoms with Gasteiger partial charge in [-0.3, -0.25) is 4.79 Å². The summed E-state index contributed by atoms with van der Waals surface area (Å²) in [4.78, 5) is 15.6. The highest BCUT2D eigenvalue weighted by molar-refractivity contribution is 5.70. The first kappa shape index (κ1) is 6.80. The molecule has 1 aromatic heterocycles. The van der Waals surface area contributed by atoms with Gasteiger partial charge in [0, 0.05) is 14.1 Å². The fourth-order valence-corrected chi connectivity index (χ4v) is 0.538. The lowest BCUT2D eigenvalue weighted by Crippen LogP contribution is -2.08. The Morgan fingerprint density at radius 3 is 2.70 bits per heavy atom. The largest absolute Gasteiger partial charge is 0.421 e. The van der Waals surface area contributed by atoms with Crippen molar-refractivity contribution < 1.29 is 9.21 Å². The molecule has 0 bridgehead atoms. The van der Waals surface area contributed by atoms with Crippen molar-refractivity contribution in [3.8, 4) is 0 Å². The Labute approximate surface area is 58.5 Å². The molecule has 0 radical (unpaired) electrons. The van der Waals surface area contributed by atoms with Gasteiger partial charge in [-0.05, 0) is 0 Å². The molecular weight excluding hydrogens is 132 g/mol. The molecule has 54 valence electrons. The van der Waals surface area contributed by atoms with E-state index in [1.165, 1.54) is 6.20 Å². The van der Waals surface area contributed by atoms with E-state index >= 15 is 0 Å². The number of carbonyl (C=O) groups excluding carboxylic acids is 1. The van der Waals surface area contributed by atoms with Crippen molar-refractivity contribution in [1.29, 1.82) is 0 Å². The predicted octanol–water partition coefficient (Wildman–Crippen LogP) is 0.553. The van der Waals surface area contributed by atoms with Crippen molar-refractivity contribution in [2.24, 2.45) is 0 Å². The molecule has 0 aromatic carbocycles. The molecule has 1 rings (SSSR count). The minimum atomic E-state index is 0.253. The second-order valence-electron chi connectivity index (χ2n) is 2.06. The summed E-state index contributed by atoms with van der Waals surface area (Å²) in [7, 11) is 3.58. The van der Waals surface area contributed by atoms with Gasteiger partial charge in [0.15, 0.2) is 12.0 Å². The van der Waals surface area contributed by atoms with E-state index in [9.17, 15) is 4.79 Å². The Bertz CT molecular complexity index is 229. The third-order valence-corrected chi connectivity index (χ3v) is 1.01. The zero-order chi connectivity index (χ0) is 7.56. The molecule has 4 nitrogen and oxygen atoms in total. The van der Waals surface area contributed by atoms with Crippen LogP contribution in [0.25, 0.3) is 0 Å². The first-order chi connectivity index (χ1) is 4.74. The monoisotopic (exact) mass is 140 g/mol. The maximum Gasteiger partial charge on any atom is 0.297 e. The Hall–Kier alpha value is -1.32. The molecule has 0 unspecified atom stereocenters. The molecule has 0 aliphatic rings. The fourth-order valence-electron chi connectivity index (χ4n) is 0.538. The van der Waals surface area contributed by atoms with Crippen molar-refractivity contribution in [3.05, 3.63) is 12.0 Å². The fraction of sp³-hybridized carbons (Fsp3) is 0.333. The molecule has 0 saturated heterocycles. The van der Waals surface area contributed by atoms with E-state index in [4.69, 9.17) is 4.42 Å². The average Bonchev–Trinajstić information content (AvgIpc) is 2.34. The van der Waals surface area contributed by atoms with E-state index in [1.807, 2.05) is 0 Å². The van der Waals surface area contributed by atoms with E-state index in [-0.39, 0.29) is 5.76 Å². The van der Waals surface area contributed by atoms with E-state index in [0.29, 0.717) is 12.3 Å². The third-order valence-electron chi connectivity index (χ3n) is 1.01. The predicted molar refractivity (Wildman–Crippen MR) is 36.2 cm³/mol. The molecule has 0 saturated carbocycles. The lowest BCUT2D eigenvalue weighted by Gasteiger charge is -2.03. The van der Waals surface area contributed by atoms with Crippen LogP contribution >= 0.6 is 0 Å². The third kappa shape index (κ3) is 1.15. The normalized spacial score (nSPS) is 9.40. The quantitative estimate of drug-likeness (QED) is 0.563. The summed E-state index contributed by atoms with van der Waals surface area (Å²) in [5.74, 6) is 0.253. The van der Waals surface area contributed by atoms with E-state index < -0.39 is 0 Å². The van der Waals surface area contributed by atoms with Gasteiger partial charge in [0.1, 0.15) is 0 Å². The number of oxazole rings is 1. The first-order valence-corrected chi connectivity index (χ1v) is 2.82. The maximum atomic E-state index is 10.1. The maximum absolute atomic E-state index is 10.1. The Morgan fingerprint density at radius 1 is 1.70 bits per heavy atom. The van der Waals surface area contributed by atoms with Crippen molar-refractivity contribution in [3.63, 3.8) is 0 Å². The van der Waals surface area contributed by atoms with Gasteiger partial charge in [0.05, 0.1) is 6.20 Å². The van der Waals surface area contributed by atoms with Gasteiger partial charge >= 0.3 is 0 Å². The van der Waals surface area contributed by atoms with Crippen molar-refractivity contribution in [2.75, 3.05) is 19.0 Å². The number of anilines is 1. The minimum Gasteiger partial charge on any atom is -0.421 e. The van der Waals surface area contributed by atoms with Gasteiger partial charge in [0.2, 0.25) is 0 Å². The number of hydrogen-bond acceptors (Lipinski definition) is 4. The Kier molecular flexibility index (Phi) is 1.71. The van der Waals surface area contributed by atoms with E-state index in [2.05, 4.69) is 4.98 Å². The van der Waals surface area contributed by atoms with Gasteiger partial charge in [-0.1, -0.05) is 0 Å². The van der Waals surface area contributed by atoms with Gasteiger partial charge < -0.3 is 9.32 Å². The zero-order valence-corrected chi connectivity index (χ0v) is 5.87. The van der Waals surface area contributed by atoms with Crippen molar-refractivity contribution >= 4 is 12.3 Å². The van der Waals surface area contributed by atoms with Gasteiger partial charge in [-0.25, -0.2) is 4.98 Å². The van der Waals surface area contributed by atoms with Crippen LogP contribution in [0.2, 0.25) is 0 Å². The van der Waals surface area contributed by atoms with E-state index in [1.54, 1.807) is 19.0 Å². The number of nitrogens with zero attached hydrogens (tertiary/aromatic N) is 2. The summed E-state index contributed by atoms with van der Waals surface area (Å²) in [6.07, 6.45) is 2.02. The summed E-state index contributed by atoms with van der Waals surface area (Å²) >= 11 is 0. The van der Waals surface area contributed by atoms with Crippen LogP contribution in [0.5, 0.6) is 0 Å². The summed E-state index contributed by atoms with van der Waals surface area (Å²) in [5.41, 5.74) is 0. The molecule has 0 amide bonds. The molecule has 1 aromatic rings. The van der Waals surface area contributed by atoms with Crippen LogP contribution in [0.4, 0.5) is 6.01 Å². The first-order valence-electron chi connectivity index (χ1n) is 2.82. The zero-order valence-electron chi connectivity index (χ0n) is 5.87. The molecule has 10 heavy (non-hydrogen) atoms. The highest BCUT2D eigenvalue weighted by atomic mass is 16.4. The van der Waals surface area contributed by atoms with Crippen LogP contribution in [0.15, 0.2) is 10.6 Å². The van der Waals surface area contributed by atoms with Crippen molar-refractivity contribution in [1.82, 2.24) is 4.98 Å². The summed E-state index contributed by atoms with van der Waals surface area (Å²) in [5, 5.41) is 0. The Balaban J connectivity index is 2.88. The van der Waals surface area contributed by atoms with Crippen LogP contribution in [0.1, 0.15) is 10.6 Å². The van der Waals surface area contributed by atoms with Gasteiger partial charge in [0.25, 0.3) is 6.01 Å². The van der Waals surface area contributed by atoms with Gasteiger partial charge in [-0.2, -0.15) is 0 Å². The number of rotatable bonds is 2. The second kappa shape index (κ2) is 2.51. The number of aromatic nitrogens is 1. The lowest BCUT2D eigenvalue weighted by molar-refractivity contribution is 0.110. The second-order valence-corrected chi connectivity index (χ2v) is 2.06. The summed E-state index contributed by atoms with van der Waals surface area (Å²) in [6, 6.07) is 0.446. The average molecular weight is 140 g/mol. The molecule has 0 N–H and O–H groups in total. The topological polar surface area (TPSA) is 46.3 Å². The smallest absolute Gasteiger partial charge is 0.297 e. The number of aldehydes is 1. The Morgan fingerprint density at radius 2 is 2.40 bits per heavy atom. The molecule has 0 atom stereocenters. The highest BCUT2D eigenvalue weighted by Gasteiger charge is 2.02. The highest BCUT2D eigenvalue weighted by Crippen LogP contribution is 2.08. The number of carbonyl (C=O) groups is 1. The lowest BCUT2D eigenvalue weighted by atomic mass is 10.6. The summed E-state index contributed by atoms with van der Waals surface area (Å²) < 4.78 is 4.94. The van der Waals surface area contributed by atoms with Gasteiger partial charge in [-0.15, -0.1) is 0 Å².